The predicted octanol–water partition coefficient (Wildman–Crippen LogP) is 2.85. The van der Waals surface area contributed by atoms with Gasteiger partial charge in [-0.3, -0.25) is 9.59 Å². The molecule has 0 aliphatic carbocycles. The quantitative estimate of drug-likeness (QED) is 0.769. The number of benzene rings is 2. The number of carbonyl (C=O) groups excluding carboxylic acids is 1. The third-order valence-corrected chi connectivity index (χ3v) is 3.85. The van der Waals surface area contributed by atoms with E-state index in [2.05, 4.69) is 10.4 Å². The van der Waals surface area contributed by atoms with Crippen LogP contribution in [0.25, 0.3) is 11.3 Å². The Hall–Kier alpha value is -3.41. The summed E-state index contributed by atoms with van der Waals surface area (Å²) >= 11 is 0. The zero-order chi connectivity index (χ0) is 18.5. The van der Waals surface area contributed by atoms with Crippen LogP contribution in [0.4, 0.5) is 5.69 Å². The molecule has 0 unspecified atom stereocenters. The van der Waals surface area contributed by atoms with Gasteiger partial charge in [0, 0.05) is 18.7 Å². The average Bonchev–Trinajstić information content (AvgIpc) is 2.65. The van der Waals surface area contributed by atoms with E-state index in [1.54, 1.807) is 38.2 Å². The van der Waals surface area contributed by atoms with Gasteiger partial charge in [0.05, 0.1) is 11.4 Å². The van der Waals surface area contributed by atoms with Crippen molar-refractivity contribution >= 4 is 11.6 Å². The van der Waals surface area contributed by atoms with Crippen molar-refractivity contribution in [2.75, 3.05) is 5.32 Å². The molecule has 0 radical (unpaired) electrons. The van der Waals surface area contributed by atoms with Crippen LogP contribution in [0.5, 0.6) is 5.75 Å². The fourth-order valence-electron chi connectivity index (χ4n) is 2.45. The number of para-hydroxylation sites is 2. The number of aromatic nitrogens is 2. The van der Waals surface area contributed by atoms with E-state index < -0.39 is 6.10 Å². The minimum Gasteiger partial charge on any atom is -0.481 e. The lowest BCUT2D eigenvalue weighted by Gasteiger charge is -2.16. The molecule has 0 bridgehead atoms. The average molecular weight is 349 g/mol. The van der Waals surface area contributed by atoms with Gasteiger partial charge in [-0.05, 0) is 31.2 Å². The van der Waals surface area contributed by atoms with Crippen molar-refractivity contribution in [3.63, 3.8) is 0 Å². The van der Waals surface area contributed by atoms with Crippen LogP contribution in [0.1, 0.15) is 6.92 Å². The van der Waals surface area contributed by atoms with Gasteiger partial charge in [0.25, 0.3) is 11.5 Å². The molecule has 0 aliphatic rings. The second kappa shape index (κ2) is 7.65. The molecule has 0 fully saturated rings. The summed E-state index contributed by atoms with van der Waals surface area (Å²) in [4.78, 5) is 24.1. The summed E-state index contributed by atoms with van der Waals surface area (Å²) in [5.74, 6) is 0.356. The number of aryl methyl sites for hydroxylation is 1. The Bertz CT molecular complexity index is 967. The molecule has 3 aromatic rings. The van der Waals surface area contributed by atoms with E-state index in [1.807, 2.05) is 36.4 Å². The number of anilines is 1. The molecule has 0 saturated heterocycles. The lowest BCUT2D eigenvalue weighted by atomic mass is 10.1. The van der Waals surface area contributed by atoms with Gasteiger partial charge in [0.15, 0.2) is 6.10 Å². The van der Waals surface area contributed by atoms with Crippen molar-refractivity contribution in [3.8, 4) is 17.0 Å². The molecule has 1 N–H and O–H groups in total. The molecule has 2 aromatic carbocycles. The van der Waals surface area contributed by atoms with Crippen LogP contribution in [-0.4, -0.2) is 21.8 Å². The van der Waals surface area contributed by atoms with Crippen LogP contribution in [-0.2, 0) is 11.8 Å². The summed E-state index contributed by atoms with van der Waals surface area (Å²) in [5.41, 5.74) is 1.73. The van der Waals surface area contributed by atoms with Gasteiger partial charge in [-0.2, -0.15) is 5.10 Å². The van der Waals surface area contributed by atoms with Crippen molar-refractivity contribution in [1.29, 1.82) is 0 Å². The molecule has 0 saturated carbocycles. The Morgan fingerprint density at radius 1 is 1.04 bits per heavy atom. The summed E-state index contributed by atoms with van der Waals surface area (Å²) in [6.45, 7) is 1.69. The summed E-state index contributed by atoms with van der Waals surface area (Å²) in [6, 6.07) is 19.6. The standard InChI is InChI=1S/C20H19N3O3/c1-14(26-15-8-4-3-5-9-15)20(25)21-17-11-7-6-10-16(17)18-12-13-19(24)23(2)22-18/h3-14H,1-2H3,(H,21,25)/t14-/m1/s1. The number of rotatable bonds is 5. The van der Waals surface area contributed by atoms with Gasteiger partial charge in [-0.25, -0.2) is 4.68 Å². The number of ether oxygens (including phenoxy) is 1. The molecule has 132 valence electrons. The predicted molar refractivity (Wildman–Crippen MR) is 100 cm³/mol. The van der Waals surface area contributed by atoms with Gasteiger partial charge in [-0.15, -0.1) is 0 Å². The van der Waals surface area contributed by atoms with Crippen molar-refractivity contribution in [1.82, 2.24) is 9.78 Å². The SMILES string of the molecule is C[C@@H](Oc1ccccc1)C(=O)Nc1ccccc1-c1ccc(=O)n(C)n1. The number of carbonyl (C=O) groups is 1. The Balaban J connectivity index is 1.80. The maximum Gasteiger partial charge on any atom is 0.266 e. The Morgan fingerprint density at radius 2 is 1.73 bits per heavy atom. The first-order valence-electron chi connectivity index (χ1n) is 8.21. The minimum atomic E-state index is -0.668. The lowest BCUT2D eigenvalue weighted by Crippen LogP contribution is -2.30. The van der Waals surface area contributed by atoms with Crippen molar-refractivity contribution < 1.29 is 9.53 Å². The van der Waals surface area contributed by atoms with Crippen molar-refractivity contribution in [3.05, 3.63) is 77.1 Å². The van der Waals surface area contributed by atoms with E-state index in [0.29, 0.717) is 17.1 Å². The third-order valence-electron chi connectivity index (χ3n) is 3.85. The second-order valence-electron chi connectivity index (χ2n) is 5.79. The zero-order valence-corrected chi connectivity index (χ0v) is 14.5. The minimum absolute atomic E-state index is 0.194. The maximum absolute atomic E-state index is 12.5. The van der Waals surface area contributed by atoms with E-state index in [-0.39, 0.29) is 11.5 Å². The molecule has 1 aromatic heterocycles. The largest absolute Gasteiger partial charge is 0.481 e. The number of hydrogen-bond donors (Lipinski definition) is 1. The number of nitrogens with zero attached hydrogens (tertiary/aromatic N) is 2. The van der Waals surface area contributed by atoms with E-state index >= 15 is 0 Å². The number of nitrogens with one attached hydrogen (secondary N) is 1. The second-order valence-corrected chi connectivity index (χ2v) is 5.79. The first-order valence-corrected chi connectivity index (χ1v) is 8.21. The van der Waals surface area contributed by atoms with Crippen LogP contribution in [0.2, 0.25) is 0 Å². The summed E-state index contributed by atoms with van der Waals surface area (Å²) in [7, 11) is 1.59. The number of hydrogen-bond acceptors (Lipinski definition) is 4. The van der Waals surface area contributed by atoms with E-state index in [1.165, 1.54) is 10.7 Å². The Labute approximate surface area is 151 Å². The zero-order valence-electron chi connectivity index (χ0n) is 14.5. The van der Waals surface area contributed by atoms with Crippen LogP contribution in [0.15, 0.2) is 71.5 Å². The lowest BCUT2D eigenvalue weighted by molar-refractivity contribution is -0.122. The first kappa shape index (κ1) is 17.4. The maximum atomic E-state index is 12.5. The Kier molecular flexibility index (Phi) is 5.12. The molecule has 6 nitrogen and oxygen atoms in total. The van der Waals surface area contributed by atoms with E-state index in [9.17, 15) is 9.59 Å². The van der Waals surface area contributed by atoms with Crippen LogP contribution >= 0.6 is 0 Å². The Morgan fingerprint density at radius 3 is 2.46 bits per heavy atom. The highest BCUT2D eigenvalue weighted by Crippen LogP contribution is 2.25. The molecule has 6 heteroatoms. The fraction of sp³-hybridized carbons (Fsp3) is 0.150. The van der Waals surface area contributed by atoms with Crippen molar-refractivity contribution in [2.24, 2.45) is 7.05 Å². The smallest absolute Gasteiger partial charge is 0.266 e. The van der Waals surface area contributed by atoms with Gasteiger partial charge in [0.2, 0.25) is 0 Å². The van der Waals surface area contributed by atoms with Gasteiger partial charge in [0.1, 0.15) is 5.75 Å². The molecule has 26 heavy (non-hydrogen) atoms. The van der Waals surface area contributed by atoms with Gasteiger partial charge in [-0.1, -0.05) is 36.4 Å². The highest BCUT2D eigenvalue weighted by molar-refractivity contribution is 5.97. The van der Waals surface area contributed by atoms with E-state index in [4.69, 9.17) is 4.74 Å². The molecule has 1 heterocycles. The van der Waals surface area contributed by atoms with Crippen molar-refractivity contribution in [2.45, 2.75) is 13.0 Å². The van der Waals surface area contributed by atoms with E-state index in [0.717, 1.165) is 5.56 Å². The van der Waals surface area contributed by atoms with Gasteiger partial charge < -0.3 is 10.1 Å². The molecule has 0 aliphatic heterocycles. The highest BCUT2D eigenvalue weighted by atomic mass is 16.5. The highest BCUT2D eigenvalue weighted by Gasteiger charge is 2.17. The molecule has 1 amide bonds. The normalized spacial score (nSPS) is 11.6. The molecular formula is C20H19N3O3. The van der Waals surface area contributed by atoms with Crippen LogP contribution < -0.4 is 15.6 Å². The molecular weight excluding hydrogens is 330 g/mol. The third kappa shape index (κ3) is 3.97. The fourth-order valence-corrected chi connectivity index (χ4v) is 2.45. The summed E-state index contributed by atoms with van der Waals surface area (Å²) in [6.07, 6.45) is -0.668. The molecule has 3 rings (SSSR count). The van der Waals surface area contributed by atoms with Gasteiger partial charge >= 0.3 is 0 Å². The van der Waals surface area contributed by atoms with Crippen LogP contribution in [0, 0.1) is 0 Å². The molecule has 1 atom stereocenters. The van der Waals surface area contributed by atoms with Crippen LogP contribution in [0.3, 0.4) is 0 Å². The first-order chi connectivity index (χ1) is 12.5. The monoisotopic (exact) mass is 349 g/mol. The number of amides is 1. The summed E-state index contributed by atoms with van der Waals surface area (Å²) in [5, 5.41) is 7.12. The topological polar surface area (TPSA) is 73.2 Å². The molecule has 0 spiro atoms. The summed E-state index contributed by atoms with van der Waals surface area (Å²) < 4.78 is 6.91.